The average molecular weight is 263 g/mol. The van der Waals surface area contributed by atoms with Crippen molar-refractivity contribution in [2.75, 3.05) is 18.5 Å². The molecule has 19 heavy (non-hydrogen) atoms. The lowest BCUT2D eigenvalue weighted by atomic mass is 10.2. The molecule has 2 aromatic heterocycles. The number of ether oxygens (including phenoxy) is 1. The van der Waals surface area contributed by atoms with Gasteiger partial charge in [0.2, 0.25) is 5.95 Å². The van der Waals surface area contributed by atoms with Crippen molar-refractivity contribution >= 4 is 5.95 Å². The predicted octanol–water partition coefficient (Wildman–Crippen LogP) is 1.90. The van der Waals surface area contributed by atoms with E-state index in [1.54, 1.807) is 0 Å². The molecule has 0 radical (unpaired) electrons. The first kappa shape index (κ1) is 13.1. The highest BCUT2D eigenvalue weighted by Crippen LogP contribution is 2.18. The molecular weight excluding hydrogens is 249 g/mol. The Hall–Kier alpha value is -2.31. The van der Waals surface area contributed by atoms with Gasteiger partial charge in [-0.05, 0) is 19.9 Å². The van der Waals surface area contributed by atoms with E-state index in [1.165, 1.54) is 12.3 Å². The van der Waals surface area contributed by atoms with Crippen LogP contribution in [0.4, 0.5) is 10.3 Å². The topological polar surface area (TPSA) is 72.8 Å². The molecule has 0 aliphatic heterocycles. The standard InChI is InChI=1S/C12H14FN5O/c1-3-15-11-16-10(17-12(18-11)19-4-2)8-5-9(13)7-14-6-8/h5-7H,3-4H2,1-2H3,(H,15,16,17,18). The number of anilines is 1. The molecule has 1 N–H and O–H groups in total. The predicted molar refractivity (Wildman–Crippen MR) is 68.3 cm³/mol. The van der Waals surface area contributed by atoms with E-state index < -0.39 is 5.82 Å². The molecule has 2 rings (SSSR count). The summed E-state index contributed by atoms with van der Waals surface area (Å²) in [5.74, 6) is 0.266. The molecule has 0 aliphatic rings. The number of nitrogens with one attached hydrogen (secondary N) is 1. The maximum atomic E-state index is 13.2. The first-order chi connectivity index (χ1) is 9.22. The first-order valence-electron chi connectivity index (χ1n) is 5.96. The number of aromatic nitrogens is 4. The van der Waals surface area contributed by atoms with Crippen molar-refractivity contribution in [1.29, 1.82) is 0 Å². The van der Waals surface area contributed by atoms with Gasteiger partial charge in [-0.3, -0.25) is 4.98 Å². The van der Waals surface area contributed by atoms with E-state index in [0.717, 1.165) is 6.20 Å². The van der Waals surface area contributed by atoms with Crippen molar-refractivity contribution in [3.8, 4) is 17.4 Å². The maximum absolute atomic E-state index is 13.2. The minimum atomic E-state index is -0.444. The molecule has 100 valence electrons. The third kappa shape index (κ3) is 3.34. The Morgan fingerprint density at radius 2 is 2.05 bits per heavy atom. The van der Waals surface area contributed by atoms with Gasteiger partial charge in [0.25, 0.3) is 0 Å². The molecule has 0 spiro atoms. The highest BCUT2D eigenvalue weighted by atomic mass is 19.1. The van der Waals surface area contributed by atoms with Crippen LogP contribution in [0, 0.1) is 5.82 Å². The molecule has 0 saturated heterocycles. The Kier molecular flexibility index (Phi) is 4.17. The smallest absolute Gasteiger partial charge is 0.321 e. The number of halogens is 1. The SMILES string of the molecule is CCNc1nc(OCC)nc(-c2cncc(F)c2)n1. The van der Waals surface area contributed by atoms with E-state index in [-0.39, 0.29) is 6.01 Å². The van der Waals surface area contributed by atoms with Gasteiger partial charge in [0.1, 0.15) is 5.82 Å². The van der Waals surface area contributed by atoms with Gasteiger partial charge in [-0.25, -0.2) is 4.39 Å². The lowest BCUT2D eigenvalue weighted by Gasteiger charge is -2.07. The van der Waals surface area contributed by atoms with Crippen LogP contribution in [-0.4, -0.2) is 33.1 Å². The second-order valence-electron chi connectivity index (χ2n) is 3.62. The third-order valence-corrected chi connectivity index (χ3v) is 2.19. The summed E-state index contributed by atoms with van der Waals surface area (Å²) in [7, 11) is 0. The van der Waals surface area contributed by atoms with Crippen LogP contribution in [0.25, 0.3) is 11.4 Å². The number of rotatable bonds is 5. The van der Waals surface area contributed by atoms with Crippen LogP contribution in [0.5, 0.6) is 6.01 Å². The molecule has 0 bridgehead atoms. The molecule has 0 amide bonds. The second kappa shape index (κ2) is 6.03. The van der Waals surface area contributed by atoms with Gasteiger partial charge in [-0.2, -0.15) is 15.0 Å². The summed E-state index contributed by atoms with van der Waals surface area (Å²) in [6.07, 6.45) is 2.61. The Bertz CT molecular complexity index is 539. The number of hydrogen-bond acceptors (Lipinski definition) is 6. The molecular formula is C12H14FN5O. The average Bonchev–Trinajstić information content (AvgIpc) is 2.39. The summed E-state index contributed by atoms with van der Waals surface area (Å²) in [6.45, 7) is 4.86. The molecule has 0 atom stereocenters. The fourth-order valence-corrected chi connectivity index (χ4v) is 1.45. The zero-order chi connectivity index (χ0) is 13.7. The zero-order valence-electron chi connectivity index (χ0n) is 10.7. The molecule has 7 heteroatoms. The van der Waals surface area contributed by atoms with Crippen LogP contribution >= 0.6 is 0 Å². The van der Waals surface area contributed by atoms with E-state index in [4.69, 9.17) is 4.74 Å². The van der Waals surface area contributed by atoms with Gasteiger partial charge < -0.3 is 10.1 Å². The Labute approximate surface area is 110 Å². The number of nitrogens with zero attached hydrogens (tertiary/aromatic N) is 4. The largest absolute Gasteiger partial charge is 0.464 e. The minimum absolute atomic E-state index is 0.202. The Morgan fingerprint density at radius 3 is 2.74 bits per heavy atom. The van der Waals surface area contributed by atoms with Gasteiger partial charge >= 0.3 is 6.01 Å². The van der Waals surface area contributed by atoms with E-state index in [9.17, 15) is 4.39 Å². The monoisotopic (exact) mass is 263 g/mol. The second-order valence-corrected chi connectivity index (χ2v) is 3.62. The fourth-order valence-electron chi connectivity index (χ4n) is 1.45. The van der Waals surface area contributed by atoms with Crippen LogP contribution < -0.4 is 10.1 Å². The summed E-state index contributed by atoms with van der Waals surface area (Å²) >= 11 is 0. The normalized spacial score (nSPS) is 10.3. The summed E-state index contributed by atoms with van der Waals surface area (Å²) in [6, 6.07) is 1.51. The highest BCUT2D eigenvalue weighted by molar-refractivity contribution is 5.55. The van der Waals surface area contributed by atoms with Crippen LogP contribution in [0.15, 0.2) is 18.5 Å². The number of hydrogen-bond donors (Lipinski definition) is 1. The highest BCUT2D eigenvalue weighted by Gasteiger charge is 2.10. The van der Waals surface area contributed by atoms with E-state index in [1.807, 2.05) is 13.8 Å². The molecule has 0 saturated carbocycles. The van der Waals surface area contributed by atoms with E-state index in [2.05, 4.69) is 25.3 Å². The van der Waals surface area contributed by atoms with E-state index >= 15 is 0 Å². The fraction of sp³-hybridized carbons (Fsp3) is 0.333. The van der Waals surface area contributed by atoms with Crippen molar-refractivity contribution in [3.63, 3.8) is 0 Å². The van der Waals surface area contributed by atoms with Gasteiger partial charge in [0, 0.05) is 18.3 Å². The van der Waals surface area contributed by atoms with Crippen molar-refractivity contribution in [1.82, 2.24) is 19.9 Å². The molecule has 0 aromatic carbocycles. The summed E-state index contributed by atoms with van der Waals surface area (Å²) in [5, 5.41) is 2.97. The van der Waals surface area contributed by atoms with Crippen molar-refractivity contribution in [2.45, 2.75) is 13.8 Å². The van der Waals surface area contributed by atoms with Crippen molar-refractivity contribution < 1.29 is 9.13 Å². The summed E-state index contributed by atoms with van der Waals surface area (Å²) < 4.78 is 18.4. The van der Waals surface area contributed by atoms with Crippen LogP contribution in [0.2, 0.25) is 0 Å². The van der Waals surface area contributed by atoms with Crippen LogP contribution in [0.3, 0.4) is 0 Å². The molecule has 2 aromatic rings. The molecule has 2 heterocycles. The van der Waals surface area contributed by atoms with Gasteiger partial charge in [0.05, 0.1) is 12.8 Å². The number of pyridine rings is 1. The van der Waals surface area contributed by atoms with Crippen LogP contribution in [-0.2, 0) is 0 Å². The molecule has 0 aliphatic carbocycles. The Balaban J connectivity index is 2.43. The van der Waals surface area contributed by atoms with Crippen molar-refractivity contribution in [3.05, 3.63) is 24.3 Å². The first-order valence-corrected chi connectivity index (χ1v) is 5.96. The molecule has 6 nitrogen and oxygen atoms in total. The lowest BCUT2D eigenvalue weighted by Crippen LogP contribution is -2.07. The van der Waals surface area contributed by atoms with E-state index in [0.29, 0.717) is 30.5 Å². The maximum Gasteiger partial charge on any atom is 0.321 e. The van der Waals surface area contributed by atoms with Gasteiger partial charge in [0.15, 0.2) is 5.82 Å². The third-order valence-electron chi connectivity index (χ3n) is 2.19. The summed E-state index contributed by atoms with van der Waals surface area (Å²) in [4.78, 5) is 16.2. The lowest BCUT2D eigenvalue weighted by molar-refractivity contribution is 0.312. The molecule has 0 fully saturated rings. The Morgan fingerprint density at radius 1 is 1.21 bits per heavy atom. The van der Waals surface area contributed by atoms with Gasteiger partial charge in [-0.1, -0.05) is 0 Å². The summed E-state index contributed by atoms with van der Waals surface area (Å²) in [5.41, 5.74) is 0.475. The zero-order valence-corrected chi connectivity index (χ0v) is 10.7. The molecule has 0 unspecified atom stereocenters. The minimum Gasteiger partial charge on any atom is -0.464 e. The quantitative estimate of drug-likeness (QED) is 0.888. The van der Waals surface area contributed by atoms with Gasteiger partial charge in [-0.15, -0.1) is 0 Å². The van der Waals surface area contributed by atoms with Crippen LogP contribution in [0.1, 0.15) is 13.8 Å². The van der Waals surface area contributed by atoms with Crippen molar-refractivity contribution in [2.24, 2.45) is 0 Å².